The molecule has 0 radical (unpaired) electrons. The molecule has 1 amide bonds. The first-order valence-electron chi connectivity index (χ1n) is 7.00. The summed E-state index contributed by atoms with van der Waals surface area (Å²) in [7, 11) is 1.79. The van der Waals surface area contributed by atoms with Crippen LogP contribution < -0.4 is 5.32 Å². The molecule has 0 aliphatic carbocycles. The molecule has 0 aromatic carbocycles. The second-order valence-electron chi connectivity index (χ2n) is 5.40. The van der Waals surface area contributed by atoms with Crippen molar-refractivity contribution in [2.24, 2.45) is 0 Å². The standard InChI is InChI=1S/C14H19N5O2/c1-8-10(9(2)21-18-8)6-19(3)14(20)13-12-11(4-5-15-13)16-7-17-12/h7,13,15H,4-6H2,1-3H3,(H,16,17)/t13-/m1/s1. The van der Waals surface area contributed by atoms with Crippen molar-refractivity contribution in [2.75, 3.05) is 13.6 Å². The van der Waals surface area contributed by atoms with E-state index in [-0.39, 0.29) is 11.9 Å². The summed E-state index contributed by atoms with van der Waals surface area (Å²) in [4.78, 5) is 21.7. The van der Waals surface area contributed by atoms with Crippen LogP contribution in [0.2, 0.25) is 0 Å². The Balaban J connectivity index is 1.77. The minimum atomic E-state index is -0.384. The van der Waals surface area contributed by atoms with Crippen LogP contribution in [0.5, 0.6) is 0 Å². The first-order chi connectivity index (χ1) is 10.1. The number of hydrogen-bond acceptors (Lipinski definition) is 5. The molecule has 0 bridgehead atoms. The molecule has 0 fully saturated rings. The molecule has 2 aromatic heterocycles. The van der Waals surface area contributed by atoms with Crippen LogP contribution in [0, 0.1) is 13.8 Å². The Morgan fingerprint density at radius 1 is 1.52 bits per heavy atom. The number of aryl methyl sites for hydroxylation is 2. The maximum atomic E-state index is 12.7. The number of carbonyl (C=O) groups is 1. The third kappa shape index (κ3) is 2.44. The average Bonchev–Trinajstić information content (AvgIpc) is 3.07. The van der Waals surface area contributed by atoms with Crippen LogP contribution in [-0.2, 0) is 17.8 Å². The number of amides is 1. The van der Waals surface area contributed by atoms with Gasteiger partial charge in [-0.15, -0.1) is 0 Å². The number of aromatic nitrogens is 3. The molecule has 1 aliphatic rings. The van der Waals surface area contributed by atoms with Gasteiger partial charge in [-0.2, -0.15) is 0 Å². The average molecular weight is 289 g/mol. The summed E-state index contributed by atoms with van der Waals surface area (Å²) in [5, 5.41) is 7.16. The molecule has 1 atom stereocenters. The Morgan fingerprint density at radius 3 is 3.05 bits per heavy atom. The molecule has 112 valence electrons. The molecule has 0 saturated heterocycles. The third-order valence-corrected chi connectivity index (χ3v) is 3.95. The number of likely N-dealkylation sites (N-methyl/N-ethyl adjacent to an activating group) is 1. The van der Waals surface area contributed by atoms with E-state index in [4.69, 9.17) is 4.52 Å². The van der Waals surface area contributed by atoms with Gasteiger partial charge in [0.05, 0.1) is 24.3 Å². The molecular formula is C14H19N5O2. The smallest absolute Gasteiger partial charge is 0.246 e. The van der Waals surface area contributed by atoms with E-state index in [1.165, 1.54) is 0 Å². The number of hydrogen-bond donors (Lipinski definition) is 2. The highest BCUT2D eigenvalue weighted by Gasteiger charge is 2.31. The van der Waals surface area contributed by atoms with Gasteiger partial charge >= 0.3 is 0 Å². The number of imidazole rings is 1. The largest absolute Gasteiger partial charge is 0.361 e. The number of fused-ring (bicyclic) bond motifs is 1. The summed E-state index contributed by atoms with van der Waals surface area (Å²) in [5.41, 5.74) is 3.63. The van der Waals surface area contributed by atoms with E-state index in [0.717, 1.165) is 41.4 Å². The van der Waals surface area contributed by atoms with Crippen LogP contribution in [0.3, 0.4) is 0 Å². The molecule has 7 heteroatoms. The molecule has 3 heterocycles. The highest BCUT2D eigenvalue weighted by Crippen LogP contribution is 2.22. The third-order valence-electron chi connectivity index (χ3n) is 3.95. The monoisotopic (exact) mass is 289 g/mol. The Hall–Kier alpha value is -2.15. The van der Waals surface area contributed by atoms with Crippen LogP contribution in [0.15, 0.2) is 10.9 Å². The summed E-state index contributed by atoms with van der Waals surface area (Å²) in [6.45, 7) is 5.00. The molecule has 0 unspecified atom stereocenters. The van der Waals surface area contributed by atoms with Crippen LogP contribution in [0.25, 0.3) is 0 Å². The summed E-state index contributed by atoms with van der Waals surface area (Å²) in [5.74, 6) is 0.757. The Labute approximate surface area is 122 Å². The van der Waals surface area contributed by atoms with E-state index >= 15 is 0 Å². The number of H-pyrrole nitrogens is 1. The van der Waals surface area contributed by atoms with E-state index in [1.807, 2.05) is 13.8 Å². The quantitative estimate of drug-likeness (QED) is 0.875. The minimum absolute atomic E-state index is 0.00282. The number of carbonyl (C=O) groups excluding carboxylic acids is 1. The van der Waals surface area contributed by atoms with Gasteiger partial charge < -0.3 is 19.7 Å². The molecule has 3 rings (SSSR count). The van der Waals surface area contributed by atoms with Gasteiger partial charge in [-0.1, -0.05) is 5.16 Å². The Morgan fingerprint density at radius 2 is 2.33 bits per heavy atom. The molecule has 2 aromatic rings. The SMILES string of the molecule is Cc1noc(C)c1CN(C)C(=O)[C@@H]1NCCc2[nH]cnc21. The van der Waals surface area contributed by atoms with Crippen LogP contribution in [0.1, 0.15) is 34.4 Å². The highest BCUT2D eigenvalue weighted by atomic mass is 16.5. The Bertz CT molecular complexity index is 641. The van der Waals surface area contributed by atoms with E-state index in [0.29, 0.717) is 6.54 Å². The van der Waals surface area contributed by atoms with Crippen molar-refractivity contribution in [1.82, 2.24) is 25.3 Å². The first-order valence-corrected chi connectivity index (χ1v) is 7.00. The second-order valence-corrected chi connectivity index (χ2v) is 5.40. The van der Waals surface area contributed by atoms with Crippen molar-refractivity contribution < 1.29 is 9.32 Å². The summed E-state index contributed by atoms with van der Waals surface area (Å²) in [6, 6.07) is -0.384. The maximum absolute atomic E-state index is 12.7. The second kappa shape index (κ2) is 5.33. The van der Waals surface area contributed by atoms with Crippen molar-refractivity contribution in [1.29, 1.82) is 0 Å². The van der Waals surface area contributed by atoms with Crippen LogP contribution >= 0.6 is 0 Å². The molecule has 1 aliphatic heterocycles. The van der Waals surface area contributed by atoms with Gasteiger partial charge in [0, 0.05) is 31.3 Å². The lowest BCUT2D eigenvalue weighted by Crippen LogP contribution is -2.42. The van der Waals surface area contributed by atoms with Crippen LogP contribution in [0.4, 0.5) is 0 Å². The van der Waals surface area contributed by atoms with Crippen LogP contribution in [-0.4, -0.2) is 39.5 Å². The van der Waals surface area contributed by atoms with E-state index < -0.39 is 0 Å². The predicted molar refractivity (Wildman–Crippen MR) is 75.5 cm³/mol. The Kier molecular flexibility index (Phi) is 3.50. The summed E-state index contributed by atoms with van der Waals surface area (Å²) < 4.78 is 5.14. The van der Waals surface area contributed by atoms with Gasteiger partial charge in [-0.05, 0) is 13.8 Å². The lowest BCUT2D eigenvalue weighted by Gasteiger charge is -2.27. The van der Waals surface area contributed by atoms with Gasteiger partial charge in [0.2, 0.25) is 5.91 Å². The zero-order valence-corrected chi connectivity index (χ0v) is 12.4. The zero-order chi connectivity index (χ0) is 15.0. The zero-order valence-electron chi connectivity index (χ0n) is 12.4. The van der Waals surface area contributed by atoms with Gasteiger partial charge in [-0.3, -0.25) is 4.79 Å². The molecular weight excluding hydrogens is 270 g/mol. The first kappa shape index (κ1) is 13.8. The minimum Gasteiger partial charge on any atom is -0.361 e. The van der Waals surface area contributed by atoms with Crippen molar-refractivity contribution in [3.63, 3.8) is 0 Å². The lowest BCUT2D eigenvalue weighted by molar-refractivity contribution is -0.133. The van der Waals surface area contributed by atoms with Gasteiger partial charge in [0.1, 0.15) is 11.8 Å². The van der Waals surface area contributed by atoms with Gasteiger partial charge in [0.15, 0.2) is 0 Å². The molecule has 0 spiro atoms. The van der Waals surface area contributed by atoms with E-state index in [1.54, 1.807) is 18.3 Å². The van der Waals surface area contributed by atoms with Crippen molar-refractivity contribution >= 4 is 5.91 Å². The normalized spacial score (nSPS) is 17.6. The summed E-state index contributed by atoms with van der Waals surface area (Å²) >= 11 is 0. The van der Waals surface area contributed by atoms with Crippen molar-refractivity contribution in [2.45, 2.75) is 32.9 Å². The van der Waals surface area contributed by atoms with E-state index in [2.05, 4.69) is 20.4 Å². The number of nitrogens with one attached hydrogen (secondary N) is 2. The van der Waals surface area contributed by atoms with Crippen molar-refractivity contribution in [3.05, 3.63) is 34.7 Å². The highest BCUT2D eigenvalue weighted by molar-refractivity contribution is 5.83. The fourth-order valence-corrected chi connectivity index (χ4v) is 2.69. The fourth-order valence-electron chi connectivity index (χ4n) is 2.69. The van der Waals surface area contributed by atoms with Gasteiger partial charge in [0.25, 0.3) is 0 Å². The van der Waals surface area contributed by atoms with Gasteiger partial charge in [-0.25, -0.2) is 4.98 Å². The van der Waals surface area contributed by atoms with Crippen molar-refractivity contribution in [3.8, 4) is 0 Å². The van der Waals surface area contributed by atoms with E-state index in [9.17, 15) is 4.79 Å². The number of nitrogens with zero attached hydrogens (tertiary/aromatic N) is 3. The molecule has 7 nitrogen and oxygen atoms in total. The molecule has 0 saturated carbocycles. The fraction of sp³-hybridized carbons (Fsp3) is 0.500. The summed E-state index contributed by atoms with van der Waals surface area (Å²) in [6.07, 6.45) is 2.51. The number of aromatic amines is 1. The lowest BCUT2D eigenvalue weighted by atomic mass is 10.0. The predicted octanol–water partition coefficient (Wildman–Crippen LogP) is 0.860. The maximum Gasteiger partial charge on any atom is 0.246 e. The topological polar surface area (TPSA) is 87.0 Å². The molecule has 2 N–H and O–H groups in total. The molecule has 21 heavy (non-hydrogen) atoms. The number of rotatable bonds is 3.